The molecule has 2 heterocycles. The van der Waals surface area contributed by atoms with Gasteiger partial charge in [-0.2, -0.15) is 0 Å². The fourth-order valence-corrected chi connectivity index (χ4v) is 5.90. The van der Waals surface area contributed by atoms with Crippen LogP contribution in [0.5, 0.6) is 0 Å². The van der Waals surface area contributed by atoms with E-state index in [1.165, 1.54) is 43.4 Å². The van der Waals surface area contributed by atoms with E-state index in [2.05, 4.69) is 102 Å². The predicted molar refractivity (Wildman–Crippen MR) is 119 cm³/mol. The molecule has 0 saturated carbocycles. The van der Waals surface area contributed by atoms with Gasteiger partial charge in [-0.1, -0.05) is 92.0 Å². The average Bonchev–Trinajstić information content (AvgIpc) is 2.73. The molecule has 4 aromatic carbocycles. The summed E-state index contributed by atoms with van der Waals surface area (Å²) in [5.74, 6) is 0. The fraction of sp³-hybridized carbons (Fsp3) is 0.0769. The van der Waals surface area contributed by atoms with Crippen LogP contribution >= 0.6 is 11.8 Å². The first kappa shape index (κ1) is 17.2. The van der Waals surface area contributed by atoms with Crippen molar-refractivity contribution in [1.29, 1.82) is 0 Å². The minimum absolute atomic E-state index is 0. The van der Waals surface area contributed by atoms with Crippen molar-refractivity contribution in [3.05, 3.63) is 119 Å². The molecular formula is C26H21NS. The third-order valence-electron chi connectivity index (χ3n) is 5.73. The van der Waals surface area contributed by atoms with Crippen molar-refractivity contribution in [3.8, 4) is 0 Å². The van der Waals surface area contributed by atoms with Crippen molar-refractivity contribution in [3.63, 3.8) is 0 Å². The maximum absolute atomic E-state index is 3.67. The second kappa shape index (κ2) is 6.29. The van der Waals surface area contributed by atoms with Crippen molar-refractivity contribution in [1.82, 2.24) is 0 Å². The Labute approximate surface area is 170 Å². The van der Waals surface area contributed by atoms with Gasteiger partial charge in [0.25, 0.3) is 0 Å². The summed E-state index contributed by atoms with van der Waals surface area (Å²) in [5, 5.41) is 3.67. The van der Waals surface area contributed by atoms with Gasteiger partial charge in [0, 0.05) is 21.2 Å². The Morgan fingerprint density at radius 2 is 0.893 bits per heavy atom. The quantitative estimate of drug-likeness (QED) is 0.299. The maximum Gasteiger partial charge on any atom is 0.0763 e. The van der Waals surface area contributed by atoms with E-state index in [-0.39, 0.29) is 12.8 Å². The molecule has 2 aliphatic heterocycles. The summed E-state index contributed by atoms with van der Waals surface area (Å²) in [7, 11) is 0. The zero-order chi connectivity index (χ0) is 17.8. The molecule has 2 aliphatic rings. The summed E-state index contributed by atoms with van der Waals surface area (Å²) >= 11 is 1.88. The molecule has 0 bridgehead atoms. The van der Waals surface area contributed by atoms with E-state index in [1.54, 1.807) is 0 Å². The van der Waals surface area contributed by atoms with Gasteiger partial charge in [0.2, 0.25) is 0 Å². The first-order chi connectivity index (χ1) is 13.4. The van der Waals surface area contributed by atoms with Crippen molar-refractivity contribution >= 4 is 23.1 Å². The predicted octanol–water partition coefficient (Wildman–Crippen LogP) is 7.23. The highest BCUT2D eigenvalue weighted by Crippen LogP contribution is 2.60. The normalized spacial score (nSPS) is 14.6. The molecular weight excluding hydrogens is 358 g/mol. The number of hydrogen-bond acceptors (Lipinski definition) is 2. The summed E-state index contributed by atoms with van der Waals surface area (Å²) < 4.78 is 0. The summed E-state index contributed by atoms with van der Waals surface area (Å²) in [6.07, 6.45) is 0. The van der Waals surface area contributed by atoms with Crippen LogP contribution in [0.4, 0.5) is 11.4 Å². The van der Waals surface area contributed by atoms with Crippen LogP contribution in [0.2, 0.25) is 0 Å². The molecule has 0 fully saturated rings. The Morgan fingerprint density at radius 1 is 0.500 bits per heavy atom. The highest BCUT2D eigenvalue weighted by atomic mass is 32.2. The van der Waals surface area contributed by atoms with Crippen molar-refractivity contribution in [2.75, 3.05) is 5.32 Å². The minimum Gasteiger partial charge on any atom is -0.355 e. The van der Waals surface area contributed by atoms with Crippen LogP contribution in [0.25, 0.3) is 0 Å². The second-order valence-electron chi connectivity index (χ2n) is 7.06. The van der Waals surface area contributed by atoms with Crippen LogP contribution < -0.4 is 5.32 Å². The number of anilines is 2. The lowest BCUT2D eigenvalue weighted by Gasteiger charge is -2.45. The molecule has 0 amide bonds. The molecule has 136 valence electrons. The largest absolute Gasteiger partial charge is 0.355 e. The molecule has 28 heavy (non-hydrogen) atoms. The smallest absolute Gasteiger partial charge is 0.0763 e. The summed E-state index contributed by atoms with van der Waals surface area (Å²) in [6, 6.07) is 35.2. The molecule has 0 saturated heterocycles. The highest BCUT2D eigenvalue weighted by Gasteiger charge is 2.48. The third kappa shape index (κ3) is 2.10. The number of hydrogen-bond donors (Lipinski definition) is 1. The number of rotatable bonds is 0. The number of para-hydroxylation sites is 2. The van der Waals surface area contributed by atoms with E-state index in [0.29, 0.717) is 0 Å². The van der Waals surface area contributed by atoms with E-state index < -0.39 is 0 Å². The minimum atomic E-state index is -0.295. The number of nitrogens with one attached hydrogen (secondary N) is 1. The topological polar surface area (TPSA) is 12.0 Å². The summed E-state index contributed by atoms with van der Waals surface area (Å²) in [4.78, 5) is 2.67. The van der Waals surface area contributed by atoms with Gasteiger partial charge < -0.3 is 5.32 Å². The summed E-state index contributed by atoms with van der Waals surface area (Å²) in [6.45, 7) is 0. The lowest BCUT2D eigenvalue weighted by Crippen LogP contribution is -2.37. The van der Waals surface area contributed by atoms with Crippen LogP contribution in [0.15, 0.2) is 107 Å². The Balaban J connectivity index is 0.00000171. The highest BCUT2D eigenvalue weighted by molar-refractivity contribution is 7.99. The molecule has 2 heteroatoms. The second-order valence-corrected chi connectivity index (χ2v) is 8.14. The zero-order valence-corrected chi connectivity index (χ0v) is 15.5. The molecule has 0 radical (unpaired) electrons. The van der Waals surface area contributed by atoms with Crippen LogP contribution in [0.3, 0.4) is 0 Å². The molecule has 1 spiro atoms. The van der Waals surface area contributed by atoms with E-state index in [1.807, 2.05) is 11.8 Å². The van der Waals surface area contributed by atoms with Crippen LogP contribution in [0, 0.1) is 0 Å². The Bertz CT molecular complexity index is 1000. The molecule has 1 N–H and O–H groups in total. The van der Waals surface area contributed by atoms with Gasteiger partial charge in [0.05, 0.1) is 5.41 Å². The lowest BCUT2D eigenvalue weighted by atomic mass is 9.62. The Kier molecular flexibility index (Phi) is 3.85. The van der Waals surface area contributed by atoms with Gasteiger partial charge in [0.15, 0.2) is 0 Å². The van der Waals surface area contributed by atoms with Crippen molar-refractivity contribution in [2.24, 2.45) is 0 Å². The molecule has 0 aromatic heterocycles. The molecule has 6 rings (SSSR count). The lowest BCUT2D eigenvalue weighted by molar-refractivity contribution is 0.699. The van der Waals surface area contributed by atoms with Gasteiger partial charge in [-0.25, -0.2) is 0 Å². The molecule has 4 aromatic rings. The van der Waals surface area contributed by atoms with Gasteiger partial charge in [-0.15, -0.1) is 0 Å². The van der Waals surface area contributed by atoms with E-state index in [9.17, 15) is 0 Å². The first-order valence-electron chi connectivity index (χ1n) is 9.22. The molecule has 1 nitrogen and oxygen atoms in total. The van der Waals surface area contributed by atoms with Crippen LogP contribution in [-0.2, 0) is 5.41 Å². The molecule has 0 unspecified atom stereocenters. The Morgan fingerprint density at radius 3 is 1.39 bits per heavy atom. The van der Waals surface area contributed by atoms with Crippen LogP contribution in [0.1, 0.15) is 29.7 Å². The monoisotopic (exact) mass is 379 g/mol. The summed E-state index contributed by atoms with van der Waals surface area (Å²) in [5.41, 5.74) is 7.47. The maximum atomic E-state index is 3.67. The van der Waals surface area contributed by atoms with Crippen molar-refractivity contribution in [2.45, 2.75) is 22.6 Å². The number of fused-ring (bicyclic) bond motifs is 8. The number of benzene rings is 4. The van der Waals surface area contributed by atoms with Gasteiger partial charge in [-0.3, -0.25) is 0 Å². The third-order valence-corrected chi connectivity index (χ3v) is 6.89. The van der Waals surface area contributed by atoms with Gasteiger partial charge >= 0.3 is 0 Å². The standard InChI is InChI=1S/C25H17NS.CH4/c1-5-13-21-17(9-1)25(18-10-2-6-14-22(18)26-21)19-11-3-7-15-23(19)27-24-16-8-4-12-20(24)25;/h1-16,26H;1H4. The zero-order valence-electron chi connectivity index (χ0n) is 14.6. The first-order valence-corrected chi connectivity index (χ1v) is 10.0. The fourth-order valence-electron chi connectivity index (χ4n) is 4.70. The van der Waals surface area contributed by atoms with Crippen molar-refractivity contribution < 1.29 is 0 Å². The van der Waals surface area contributed by atoms with E-state index in [0.717, 1.165) is 0 Å². The Hall–Kier alpha value is -2.97. The van der Waals surface area contributed by atoms with Crippen LogP contribution in [-0.4, -0.2) is 0 Å². The van der Waals surface area contributed by atoms with E-state index in [4.69, 9.17) is 0 Å². The molecule has 0 aliphatic carbocycles. The molecule has 0 atom stereocenters. The SMILES string of the molecule is C.c1ccc2c(c1)Nc1ccccc1C21c2ccccc2Sc2ccccc21. The van der Waals surface area contributed by atoms with Gasteiger partial charge in [0.1, 0.15) is 0 Å². The van der Waals surface area contributed by atoms with E-state index >= 15 is 0 Å². The van der Waals surface area contributed by atoms with Gasteiger partial charge in [-0.05, 0) is 46.5 Å². The average molecular weight is 380 g/mol.